The maximum atomic E-state index is 12.8. The summed E-state index contributed by atoms with van der Waals surface area (Å²) < 4.78 is 12.8. The van der Waals surface area contributed by atoms with Crippen molar-refractivity contribution in [3.8, 4) is 0 Å². The molecule has 0 radical (unpaired) electrons. The number of rotatable bonds is 1. The Morgan fingerprint density at radius 3 is 2.85 bits per heavy atom. The average Bonchev–Trinajstić information content (AvgIpc) is 2.16. The monoisotopic (exact) mass is 176 g/mol. The van der Waals surface area contributed by atoms with Gasteiger partial charge in [0.2, 0.25) is 0 Å². The highest BCUT2D eigenvalue weighted by Crippen LogP contribution is 2.15. The van der Waals surface area contributed by atoms with Crippen LogP contribution in [-0.2, 0) is 6.54 Å². The second kappa shape index (κ2) is 3.11. The minimum atomic E-state index is -0.235. The molecule has 1 aromatic heterocycles. The molecule has 1 aromatic carbocycles. The predicted molar refractivity (Wildman–Crippen MR) is 49.6 cm³/mol. The number of halogens is 1. The molecule has 0 spiro atoms. The fourth-order valence-corrected chi connectivity index (χ4v) is 1.27. The van der Waals surface area contributed by atoms with Gasteiger partial charge in [0, 0.05) is 18.1 Å². The van der Waals surface area contributed by atoms with Gasteiger partial charge in [-0.3, -0.25) is 4.98 Å². The molecule has 2 aromatic rings. The Kier molecular flexibility index (Phi) is 1.94. The third kappa shape index (κ3) is 1.51. The van der Waals surface area contributed by atoms with Crippen LogP contribution in [0, 0.1) is 5.82 Å². The third-order valence-corrected chi connectivity index (χ3v) is 1.95. The van der Waals surface area contributed by atoms with Crippen LogP contribution in [0.3, 0.4) is 0 Å². The Morgan fingerprint density at radius 1 is 1.23 bits per heavy atom. The zero-order chi connectivity index (χ0) is 9.26. The van der Waals surface area contributed by atoms with E-state index in [2.05, 4.69) is 4.98 Å². The zero-order valence-corrected chi connectivity index (χ0v) is 7.00. The van der Waals surface area contributed by atoms with Gasteiger partial charge in [-0.05, 0) is 29.7 Å². The lowest BCUT2D eigenvalue weighted by Gasteiger charge is -1.99. The SMILES string of the molecule is NCc1cc2cc(F)ccc2cn1. The second-order valence-corrected chi connectivity index (χ2v) is 2.87. The van der Waals surface area contributed by atoms with Gasteiger partial charge in [-0.1, -0.05) is 0 Å². The molecule has 0 saturated heterocycles. The molecular formula is C10H9FN2. The first kappa shape index (κ1) is 8.13. The van der Waals surface area contributed by atoms with Gasteiger partial charge in [-0.15, -0.1) is 0 Å². The molecule has 2 N–H and O–H groups in total. The van der Waals surface area contributed by atoms with Crippen molar-refractivity contribution in [1.29, 1.82) is 0 Å². The summed E-state index contributed by atoms with van der Waals surface area (Å²) in [5.74, 6) is -0.235. The van der Waals surface area contributed by atoms with Crippen LogP contribution < -0.4 is 5.73 Å². The van der Waals surface area contributed by atoms with Crippen molar-refractivity contribution in [2.24, 2.45) is 5.73 Å². The number of pyridine rings is 1. The molecular weight excluding hydrogens is 167 g/mol. The van der Waals surface area contributed by atoms with Gasteiger partial charge in [0.15, 0.2) is 0 Å². The number of hydrogen-bond acceptors (Lipinski definition) is 2. The van der Waals surface area contributed by atoms with Crippen LogP contribution in [0.5, 0.6) is 0 Å². The number of hydrogen-bond donors (Lipinski definition) is 1. The van der Waals surface area contributed by atoms with Gasteiger partial charge in [0.1, 0.15) is 5.82 Å². The third-order valence-electron chi connectivity index (χ3n) is 1.95. The molecule has 66 valence electrons. The maximum Gasteiger partial charge on any atom is 0.123 e. The van der Waals surface area contributed by atoms with E-state index in [0.29, 0.717) is 6.54 Å². The Morgan fingerprint density at radius 2 is 2.08 bits per heavy atom. The van der Waals surface area contributed by atoms with Crippen molar-refractivity contribution in [3.05, 3.63) is 42.0 Å². The quantitative estimate of drug-likeness (QED) is 0.720. The van der Waals surface area contributed by atoms with Gasteiger partial charge in [0.25, 0.3) is 0 Å². The summed E-state index contributed by atoms with van der Waals surface area (Å²) in [4.78, 5) is 4.11. The summed E-state index contributed by atoms with van der Waals surface area (Å²) >= 11 is 0. The molecule has 0 unspecified atom stereocenters. The summed E-state index contributed by atoms with van der Waals surface area (Å²) in [5.41, 5.74) is 6.20. The first-order valence-electron chi connectivity index (χ1n) is 4.04. The van der Waals surface area contributed by atoms with Gasteiger partial charge in [-0.25, -0.2) is 4.39 Å². The fourth-order valence-electron chi connectivity index (χ4n) is 1.27. The number of nitrogens with zero attached hydrogens (tertiary/aromatic N) is 1. The topological polar surface area (TPSA) is 38.9 Å². The van der Waals surface area contributed by atoms with E-state index < -0.39 is 0 Å². The van der Waals surface area contributed by atoms with E-state index in [4.69, 9.17) is 5.73 Å². The van der Waals surface area contributed by atoms with Gasteiger partial charge in [-0.2, -0.15) is 0 Å². The molecule has 0 bridgehead atoms. The minimum absolute atomic E-state index is 0.235. The normalized spacial score (nSPS) is 10.6. The molecule has 0 atom stereocenters. The highest BCUT2D eigenvalue weighted by atomic mass is 19.1. The van der Waals surface area contributed by atoms with Crippen LogP contribution in [0.25, 0.3) is 10.8 Å². The molecule has 2 rings (SSSR count). The molecule has 1 heterocycles. The molecule has 0 aliphatic rings. The zero-order valence-electron chi connectivity index (χ0n) is 7.00. The highest BCUT2D eigenvalue weighted by Gasteiger charge is 1.97. The van der Waals surface area contributed by atoms with Crippen LogP contribution in [0.2, 0.25) is 0 Å². The van der Waals surface area contributed by atoms with Crippen LogP contribution in [-0.4, -0.2) is 4.98 Å². The lowest BCUT2D eigenvalue weighted by Crippen LogP contribution is -1.98. The van der Waals surface area contributed by atoms with Crippen LogP contribution >= 0.6 is 0 Å². The number of benzene rings is 1. The van der Waals surface area contributed by atoms with Crippen molar-refractivity contribution >= 4 is 10.8 Å². The van der Waals surface area contributed by atoms with Crippen LogP contribution in [0.15, 0.2) is 30.5 Å². The van der Waals surface area contributed by atoms with E-state index in [1.54, 1.807) is 18.3 Å². The van der Waals surface area contributed by atoms with E-state index in [0.717, 1.165) is 16.5 Å². The van der Waals surface area contributed by atoms with Crippen LogP contribution in [0.4, 0.5) is 4.39 Å². The molecule has 2 nitrogen and oxygen atoms in total. The van der Waals surface area contributed by atoms with Crippen molar-refractivity contribution in [2.45, 2.75) is 6.54 Å². The Bertz CT molecular complexity index is 440. The van der Waals surface area contributed by atoms with Gasteiger partial charge >= 0.3 is 0 Å². The summed E-state index contributed by atoms with van der Waals surface area (Å²) in [7, 11) is 0. The van der Waals surface area contributed by atoms with E-state index in [9.17, 15) is 4.39 Å². The molecule has 13 heavy (non-hydrogen) atoms. The van der Waals surface area contributed by atoms with Gasteiger partial charge < -0.3 is 5.73 Å². The van der Waals surface area contributed by atoms with Crippen molar-refractivity contribution < 1.29 is 4.39 Å². The Hall–Kier alpha value is -1.48. The maximum absolute atomic E-state index is 12.8. The number of nitrogens with two attached hydrogens (primary N) is 1. The molecule has 0 saturated carbocycles. The lowest BCUT2D eigenvalue weighted by molar-refractivity contribution is 0.629. The first-order chi connectivity index (χ1) is 6.29. The summed E-state index contributed by atoms with van der Waals surface area (Å²) in [5, 5.41) is 1.77. The molecule has 0 aliphatic carbocycles. The second-order valence-electron chi connectivity index (χ2n) is 2.87. The minimum Gasteiger partial charge on any atom is -0.325 e. The molecule has 0 aliphatic heterocycles. The smallest absolute Gasteiger partial charge is 0.123 e. The van der Waals surface area contributed by atoms with E-state index in [-0.39, 0.29) is 5.82 Å². The highest BCUT2D eigenvalue weighted by molar-refractivity contribution is 5.81. The first-order valence-corrected chi connectivity index (χ1v) is 4.04. The summed E-state index contributed by atoms with van der Waals surface area (Å²) in [6, 6.07) is 6.42. The van der Waals surface area contributed by atoms with Gasteiger partial charge in [0.05, 0.1) is 5.69 Å². The van der Waals surface area contributed by atoms with E-state index in [1.807, 2.05) is 0 Å². The molecule has 0 amide bonds. The van der Waals surface area contributed by atoms with Crippen molar-refractivity contribution in [1.82, 2.24) is 4.98 Å². The van der Waals surface area contributed by atoms with E-state index >= 15 is 0 Å². The van der Waals surface area contributed by atoms with E-state index in [1.165, 1.54) is 12.1 Å². The van der Waals surface area contributed by atoms with Crippen molar-refractivity contribution in [2.75, 3.05) is 0 Å². The Balaban J connectivity index is 2.68. The van der Waals surface area contributed by atoms with Crippen molar-refractivity contribution in [3.63, 3.8) is 0 Å². The number of fused-ring (bicyclic) bond motifs is 1. The largest absolute Gasteiger partial charge is 0.325 e. The molecule has 0 fully saturated rings. The average molecular weight is 176 g/mol. The fraction of sp³-hybridized carbons (Fsp3) is 0.100. The van der Waals surface area contributed by atoms with Crippen LogP contribution in [0.1, 0.15) is 5.69 Å². The lowest BCUT2D eigenvalue weighted by atomic mass is 10.1. The number of aromatic nitrogens is 1. The summed E-state index contributed by atoms with van der Waals surface area (Å²) in [6.45, 7) is 0.381. The predicted octanol–water partition coefficient (Wildman–Crippen LogP) is 1.83. The standard InChI is InChI=1S/C10H9FN2/c11-9-2-1-7-6-13-10(5-12)4-8(7)3-9/h1-4,6H,5,12H2. The molecule has 3 heteroatoms. The summed E-state index contributed by atoms with van der Waals surface area (Å²) in [6.07, 6.45) is 1.71. The Labute approximate surface area is 75.2 Å².